The molecule has 0 unspecified atom stereocenters. The van der Waals surface area contributed by atoms with Gasteiger partial charge in [0.1, 0.15) is 11.6 Å². The van der Waals surface area contributed by atoms with E-state index in [2.05, 4.69) is 5.32 Å². The topological polar surface area (TPSA) is 47.6 Å². The number of nitrogens with one attached hydrogen (secondary N) is 1. The Labute approximate surface area is 125 Å². The fourth-order valence-electron chi connectivity index (χ4n) is 1.64. The summed E-state index contributed by atoms with van der Waals surface area (Å²) in [5, 5.41) is 3.20. The summed E-state index contributed by atoms with van der Waals surface area (Å²) >= 11 is 0. The van der Waals surface area contributed by atoms with Gasteiger partial charge in [-0.2, -0.15) is 0 Å². The highest BCUT2D eigenvalue weighted by atomic mass is 19.1. The summed E-state index contributed by atoms with van der Waals surface area (Å²) in [6.45, 7) is 6.79. The van der Waals surface area contributed by atoms with Gasteiger partial charge in [0.2, 0.25) is 0 Å². The molecule has 0 aromatic heterocycles. The summed E-state index contributed by atoms with van der Waals surface area (Å²) in [5.74, 6) is -0.482. The zero-order chi connectivity index (χ0) is 15.7. The quantitative estimate of drug-likeness (QED) is 0.562. The maximum Gasteiger partial charge on any atom is 0.344 e. The number of ether oxygens (including phenoxy) is 2. The second kappa shape index (κ2) is 9.34. The van der Waals surface area contributed by atoms with Crippen molar-refractivity contribution in [1.82, 2.24) is 5.32 Å². The van der Waals surface area contributed by atoms with Gasteiger partial charge in [0.15, 0.2) is 6.61 Å². The fourth-order valence-corrected chi connectivity index (χ4v) is 1.64. The van der Waals surface area contributed by atoms with E-state index >= 15 is 0 Å². The molecule has 1 N–H and O–H groups in total. The largest absolute Gasteiger partial charge is 0.482 e. The number of carbonyl (C=O) groups is 1. The number of hydrogen-bond donors (Lipinski definition) is 1. The van der Waals surface area contributed by atoms with Crippen molar-refractivity contribution >= 4 is 5.97 Å². The Morgan fingerprint density at radius 3 is 2.76 bits per heavy atom. The number of benzene rings is 1. The summed E-state index contributed by atoms with van der Waals surface area (Å²) in [4.78, 5) is 11.4. The van der Waals surface area contributed by atoms with E-state index in [9.17, 15) is 9.18 Å². The van der Waals surface area contributed by atoms with Gasteiger partial charge >= 0.3 is 5.97 Å². The van der Waals surface area contributed by atoms with Crippen LogP contribution in [0.2, 0.25) is 0 Å². The van der Waals surface area contributed by atoms with E-state index < -0.39 is 5.97 Å². The van der Waals surface area contributed by atoms with Crippen LogP contribution >= 0.6 is 0 Å². The van der Waals surface area contributed by atoms with Crippen molar-refractivity contribution in [1.29, 1.82) is 0 Å². The van der Waals surface area contributed by atoms with Gasteiger partial charge in [-0.15, -0.1) is 0 Å². The maximum atomic E-state index is 13.5. The molecule has 0 aliphatic rings. The van der Waals surface area contributed by atoms with Gasteiger partial charge in [-0.3, -0.25) is 0 Å². The molecule has 1 aromatic carbocycles. The Balaban J connectivity index is 2.48. The van der Waals surface area contributed by atoms with Crippen molar-refractivity contribution in [2.24, 2.45) is 0 Å². The highest BCUT2D eigenvalue weighted by Crippen LogP contribution is 2.16. The molecule has 0 heterocycles. The van der Waals surface area contributed by atoms with Crippen LogP contribution in [0, 0.1) is 5.82 Å². The summed E-state index contributed by atoms with van der Waals surface area (Å²) < 4.78 is 23.8. The number of esters is 1. The van der Waals surface area contributed by atoms with Crippen LogP contribution in [0.5, 0.6) is 5.75 Å². The molecule has 0 amide bonds. The number of rotatable bonds is 9. The van der Waals surface area contributed by atoms with Crippen molar-refractivity contribution < 1.29 is 18.7 Å². The van der Waals surface area contributed by atoms with Crippen LogP contribution in [-0.4, -0.2) is 25.2 Å². The van der Waals surface area contributed by atoms with E-state index in [1.807, 2.05) is 20.8 Å². The Morgan fingerprint density at radius 2 is 2.10 bits per heavy atom. The lowest BCUT2D eigenvalue weighted by Gasteiger charge is -2.11. The van der Waals surface area contributed by atoms with Crippen LogP contribution < -0.4 is 10.1 Å². The maximum absolute atomic E-state index is 13.5. The second-order valence-electron chi connectivity index (χ2n) is 5.19. The summed E-state index contributed by atoms with van der Waals surface area (Å²) in [7, 11) is 0. The van der Waals surface area contributed by atoms with Gasteiger partial charge in [-0.25, -0.2) is 9.18 Å². The van der Waals surface area contributed by atoms with Gasteiger partial charge in [0.25, 0.3) is 0 Å². The molecule has 118 valence electrons. The van der Waals surface area contributed by atoms with Crippen LogP contribution in [0.4, 0.5) is 4.39 Å². The highest BCUT2D eigenvalue weighted by molar-refractivity contribution is 5.71. The standard InChI is InChI=1S/C16H24FNO3/c1-4-5-6-20-16(19)11-21-15-8-13(7-14(17)9-15)10-18-12(2)3/h7-9,12,18H,4-6,10-11H2,1-3H3. The molecular formula is C16H24FNO3. The molecule has 0 aliphatic heterocycles. The summed E-state index contributed by atoms with van der Waals surface area (Å²) in [5.41, 5.74) is 0.776. The smallest absolute Gasteiger partial charge is 0.344 e. The van der Waals surface area contributed by atoms with E-state index in [-0.39, 0.29) is 12.4 Å². The van der Waals surface area contributed by atoms with Gasteiger partial charge in [0.05, 0.1) is 6.61 Å². The molecule has 21 heavy (non-hydrogen) atoms. The lowest BCUT2D eigenvalue weighted by Crippen LogP contribution is -2.22. The average Bonchev–Trinajstić information content (AvgIpc) is 2.43. The molecular weight excluding hydrogens is 273 g/mol. The average molecular weight is 297 g/mol. The minimum atomic E-state index is -0.436. The Morgan fingerprint density at radius 1 is 1.33 bits per heavy atom. The molecule has 0 spiro atoms. The predicted octanol–water partition coefficient (Wildman–Crippen LogP) is 3.05. The Bertz CT molecular complexity index is 449. The minimum absolute atomic E-state index is 0.204. The first-order valence-electron chi connectivity index (χ1n) is 7.32. The molecule has 1 aromatic rings. The van der Waals surface area contributed by atoms with Crippen LogP contribution in [-0.2, 0) is 16.1 Å². The van der Waals surface area contributed by atoms with Crippen molar-refractivity contribution in [3.63, 3.8) is 0 Å². The van der Waals surface area contributed by atoms with Crippen LogP contribution in [0.1, 0.15) is 39.2 Å². The van der Waals surface area contributed by atoms with Crippen LogP contribution in [0.15, 0.2) is 18.2 Å². The third-order valence-electron chi connectivity index (χ3n) is 2.76. The lowest BCUT2D eigenvalue weighted by molar-refractivity contribution is -0.146. The third kappa shape index (κ3) is 7.66. The van der Waals surface area contributed by atoms with Crippen LogP contribution in [0.25, 0.3) is 0 Å². The first-order chi connectivity index (χ1) is 10.0. The summed E-state index contributed by atoms with van der Waals surface area (Å²) in [6.07, 6.45) is 1.79. The van der Waals surface area contributed by atoms with E-state index in [1.165, 1.54) is 12.1 Å². The number of carbonyl (C=O) groups excluding carboxylic acids is 1. The van der Waals surface area contributed by atoms with Crippen molar-refractivity contribution in [3.05, 3.63) is 29.6 Å². The lowest BCUT2D eigenvalue weighted by atomic mass is 10.2. The molecule has 0 saturated carbocycles. The molecule has 1 rings (SSSR count). The third-order valence-corrected chi connectivity index (χ3v) is 2.76. The number of unbranched alkanes of at least 4 members (excludes halogenated alkanes) is 1. The van der Waals surface area contributed by atoms with Crippen LogP contribution in [0.3, 0.4) is 0 Å². The molecule has 0 saturated heterocycles. The molecule has 0 atom stereocenters. The molecule has 5 heteroatoms. The Hall–Kier alpha value is -1.62. The first kappa shape index (κ1) is 17.4. The van der Waals surface area contributed by atoms with Gasteiger partial charge in [-0.05, 0) is 24.1 Å². The second-order valence-corrected chi connectivity index (χ2v) is 5.19. The Kier molecular flexibility index (Phi) is 7.75. The highest BCUT2D eigenvalue weighted by Gasteiger charge is 2.07. The van der Waals surface area contributed by atoms with E-state index in [0.29, 0.717) is 24.9 Å². The first-order valence-corrected chi connectivity index (χ1v) is 7.32. The van der Waals surface area contributed by atoms with E-state index in [0.717, 1.165) is 18.4 Å². The molecule has 0 fully saturated rings. The normalized spacial score (nSPS) is 10.7. The van der Waals surface area contributed by atoms with E-state index in [4.69, 9.17) is 9.47 Å². The summed E-state index contributed by atoms with van der Waals surface area (Å²) in [6, 6.07) is 4.74. The zero-order valence-corrected chi connectivity index (χ0v) is 12.9. The van der Waals surface area contributed by atoms with Gasteiger partial charge in [-0.1, -0.05) is 27.2 Å². The molecule has 0 radical (unpaired) electrons. The number of hydrogen-bond acceptors (Lipinski definition) is 4. The van der Waals surface area contributed by atoms with Crippen molar-refractivity contribution in [2.75, 3.05) is 13.2 Å². The zero-order valence-electron chi connectivity index (χ0n) is 12.9. The van der Waals surface area contributed by atoms with Gasteiger partial charge in [0, 0.05) is 18.7 Å². The van der Waals surface area contributed by atoms with E-state index in [1.54, 1.807) is 6.07 Å². The molecule has 4 nitrogen and oxygen atoms in total. The predicted molar refractivity (Wildman–Crippen MR) is 79.7 cm³/mol. The van der Waals surface area contributed by atoms with Crippen molar-refractivity contribution in [2.45, 2.75) is 46.2 Å². The monoisotopic (exact) mass is 297 g/mol. The SMILES string of the molecule is CCCCOC(=O)COc1cc(F)cc(CNC(C)C)c1. The van der Waals surface area contributed by atoms with Gasteiger partial charge < -0.3 is 14.8 Å². The van der Waals surface area contributed by atoms with Crippen molar-refractivity contribution in [3.8, 4) is 5.75 Å². The molecule has 0 bridgehead atoms. The minimum Gasteiger partial charge on any atom is -0.482 e. The fraction of sp³-hybridized carbons (Fsp3) is 0.562. The molecule has 0 aliphatic carbocycles. The number of halogens is 1.